The molecule has 0 bridgehead atoms. The van der Waals surface area contributed by atoms with Crippen LogP contribution in [0.2, 0.25) is 0 Å². The summed E-state index contributed by atoms with van der Waals surface area (Å²) in [6.07, 6.45) is 3.61. The molecule has 2 rings (SSSR count). The Balaban J connectivity index is 1.84. The number of hydrogen-bond acceptors (Lipinski definition) is 3. The maximum atomic E-state index is 11.8. The van der Waals surface area contributed by atoms with Crippen molar-refractivity contribution in [1.29, 1.82) is 0 Å². The van der Waals surface area contributed by atoms with Gasteiger partial charge >= 0.3 is 0 Å². The van der Waals surface area contributed by atoms with Crippen molar-refractivity contribution in [3.63, 3.8) is 0 Å². The van der Waals surface area contributed by atoms with E-state index < -0.39 is 0 Å². The van der Waals surface area contributed by atoms with Gasteiger partial charge in [-0.3, -0.25) is 4.79 Å². The molecule has 2 atom stereocenters. The molecule has 0 aliphatic carbocycles. The van der Waals surface area contributed by atoms with E-state index in [-0.39, 0.29) is 18.1 Å². The Bertz CT molecular complexity index is 246. The molecule has 0 radical (unpaired) electrons. The molecular formula is C10H15NO3. The molecule has 4 heteroatoms. The number of hydrogen-bond donors (Lipinski definition) is 0. The minimum absolute atomic E-state index is 0.00958. The van der Waals surface area contributed by atoms with Gasteiger partial charge in [-0.15, -0.1) is 0 Å². The van der Waals surface area contributed by atoms with Gasteiger partial charge in [-0.05, 0) is 6.92 Å². The lowest BCUT2D eigenvalue weighted by Gasteiger charge is -2.26. The number of amides is 1. The predicted molar refractivity (Wildman–Crippen MR) is 50.9 cm³/mol. The van der Waals surface area contributed by atoms with Crippen molar-refractivity contribution >= 4 is 5.91 Å². The van der Waals surface area contributed by atoms with Crippen LogP contribution in [0.1, 0.15) is 6.92 Å². The van der Waals surface area contributed by atoms with E-state index in [9.17, 15) is 4.79 Å². The average Bonchev–Trinajstić information content (AvgIpc) is 2.98. The fourth-order valence-corrected chi connectivity index (χ4v) is 1.62. The summed E-state index contributed by atoms with van der Waals surface area (Å²) in [6.45, 7) is 4.61. The second kappa shape index (κ2) is 4.11. The molecule has 1 amide bonds. The molecule has 2 heterocycles. The maximum absolute atomic E-state index is 11.8. The van der Waals surface area contributed by atoms with E-state index in [1.165, 1.54) is 0 Å². The number of carbonyl (C=O) groups is 1. The number of nitrogens with zero attached hydrogens (tertiary/aromatic N) is 1. The summed E-state index contributed by atoms with van der Waals surface area (Å²) in [5, 5.41) is 0. The normalized spacial score (nSPS) is 32.2. The second-order valence-corrected chi connectivity index (χ2v) is 3.48. The summed E-state index contributed by atoms with van der Waals surface area (Å²) >= 11 is 0. The third kappa shape index (κ3) is 1.96. The lowest BCUT2D eigenvalue weighted by Crippen LogP contribution is -2.43. The van der Waals surface area contributed by atoms with Crippen LogP contribution in [0.5, 0.6) is 0 Å². The zero-order valence-electron chi connectivity index (χ0n) is 8.31. The largest absolute Gasteiger partial charge is 0.378 e. The first-order valence-electron chi connectivity index (χ1n) is 4.97. The Morgan fingerprint density at radius 2 is 2.14 bits per heavy atom. The first-order valence-corrected chi connectivity index (χ1v) is 4.97. The first kappa shape index (κ1) is 9.68. The highest BCUT2D eigenvalue weighted by Crippen LogP contribution is 2.25. The molecule has 0 aromatic heterocycles. The molecule has 2 aliphatic rings. The lowest BCUT2D eigenvalue weighted by atomic mass is 10.2. The van der Waals surface area contributed by atoms with Crippen molar-refractivity contribution in [2.24, 2.45) is 0 Å². The first-order chi connectivity index (χ1) is 6.83. The lowest BCUT2D eigenvalue weighted by molar-refractivity contribution is -0.136. The quantitative estimate of drug-likeness (QED) is 0.468. The van der Waals surface area contributed by atoms with E-state index in [1.807, 2.05) is 24.0 Å². The van der Waals surface area contributed by atoms with Crippen LogP contribution in [-0.4, -0.2) is 49.3 Å². The van der Waals surface area contributed by atoms with E-state index in [4.69, 9.17) is 9.47 Å². The van der Waals surface area contributed by atoms with Crippen molar-refractivity contribution in [3.05, 3.63) is 12.2 Å². The van der Waals surface area contributed by atoms with Crippen molar-refractivity contribution in [2.45, 2.75) is 19.1 Å². The molecule has 0 aromatic rings. The van der Waals surface area contributed by atoms with E-state index in [0.717, 1.165) is 0 Å². The SMILES string of the molecule is C/C=C/C1OC1C(=O)N1CCOCC1. The molecule has 0 saturated carbocycles. The monoisotopic (exact) mass is 197 g/mol. The number of carbonyl (C=O) groups excluding carboxylic acids is 1. The van der Waals surface area contributed by atoms with Crippen molar-refractivity contribution in [1.82, 2.24) is 4.90 Å². The van der Waals surface area contributed by atoms with Crippen LogP contribution in [0.15, 0.2) is 12.2 Å². The van der Waals surface area contributed by atoms with Crippen LogP contribution >= 0.6 is 0 Å². The zero-order chi connectivity index (χ0) is 9.97. The summed E-state index contributed by atoms with van der Waals surface area (Å²) in [6, 6.07) is 0. The van der Waals surface area contributed by atoms with Crippen LogP contribution in [0.25, 0.3) is 0 Å². The third-order valence-corrected chi connectivity index (χ3v) is 2.47. The summed E-state index contributed by atoms with van der Waals surface area (Å²) in [7, 11) is 0. The molecule has 2 unspecified atom stereocenters. The van der Waals surface area contributed by atoms with Crippen LogP contribution in [0.4, 0.5) is 0 Å². The summed E-state index contributed by atoms with van der Waals surface area (Å²) < 4.78 is 10.4. The molecule has 78 valence electrons. The zero-order valence-corrected chi connectivity index (χ0v) is 8.31. The molecule has 2 saturated heterocycles. The molecule has 2 fully saturated rings. The van der Waals surface area contributed by atoms with Crippen LogP contribution < -0.4 is 0 Å². The molecular weight excluding hydrogens is 182 g/mol. The topological polar surface area (TPSA) is 42.1 Å². The number of epoxide rings is 1. The number of ether oxygens (including phenoxy) is 2. The molecule has 4 nitrogen and oxygen atoms in total. The Kier molecular flexibility index (Phi) is 2.84. The summed E-state index contributed by atoms with van der Waals surface area (Å²) in [5.41, 5.74) is 0. The van der Waals surface area contributed by atoms with Gasteiger partial charge in [-0.25, -0.2) is 0 Å². The average molecular weight is 197 g/mol. The minimum atomic E-state index is -0.232. The highest BCUT2D eigenvalue weighted by atomic mass is 16.6. The fraction of sp³-hybridized carbons (Fsp3) is 0.700. The van der Waals surface area contributed by atoms with Crippen LogP contribution in [0, 0.1) is 0 Å². The van der Waals surface area contributed by atoms with Crippen molar-refractivity contribution in [3.8, 4) is 0 Å². The number of morpholine rings is 1. The third-order valence-electron chi connectivity index (χ3n) is 2.47. The van der Waals surface area contributed by atoms with Gasteiger partial charge in [0.1, 0.15) is 6.10 Å². The van der Waals surface area contributed by atoms with Gasteiger partial charge in [0.05, 0.1) is 13.2 Å². The molecule has 0 spiro atoms. The van der Waals surface area contributed by atoms with Gasteiger partial charge in [0.2, 0.25) is 0 Å². The Morgan fingerprint density at radius 1 is 1.43 bits per heavy atom. The number of allylic oxidation sites excluding steroid dienone is 1. The molecule has 14 heavy (non-hydrogen) atoms. The van der Waals surface area contributed by atoms with Crippen molar-refractivity contribution < 1.29 is 14.3 Å². The second-order valence-electron chi connectivity index (χ2n) is 3.48. The molecule has 0 N–H and O–H groups in total. The highest BCUT2D eigenvalue weighted by molar-refractivity contribution is 5.84. The van der Waals surface area contributed by atoms with Gasteiger partial charge < -0.3 is 14.4 Å². The Morgan fingerprint density at radius 3 is 2.79 bits per heavy atom. The van der Waals surface area contributed by atoms with E-state index in [0.29, 0.717) is 26.3 Å². The van der Waals surface area contributed by atoms with E-state index >= 15 is 0 Å². The maximum Gasteiger partial charge on any atom is 0.254 e. The van der Waals surface area contributed by atoms with Gasteiger partial charge in [0.25, 0.3) is 5.91 Å². The predicted octanol–water partition coefficient (Wildman–Crippen LogP) is 0.189. The van der Waals surface area contributed by atoms with Gasteiger partial charge in [-0.1, -0.05) is 12.2 Å². The Labute approximate surface area is 83.5 Å². The van der Waals surface area contributed by atoms with Gasteiger partial charge in [-0.2, -0.15) is 0 Å². The molecule has 0 aromatic carbocycles. The standard InChI is InChI=1S/C10H15NO3/c1-2-3-8-9(14-8)10(12)11-4-6-13-7-5-11/h2-3,8-9H,4-7H2,1H3/b3-2+. The van der Waals surface area contributed by atoms with Crippen LogP contribution in [-0.2, 0) is 14.3 Å². The van der Waals surface area contributed by atoms with Gasteiger partial charge in [0, 0.05) is 13.1 Å². The van der Waals surface area contributed by atoms with E-state index in [1.54, 1.807) is 0 Å². The van der Waals surface area contributed by atoms with E-state index in [2.05, 4.69) is 0 Å². The smallest absolute Gasteiger partial charge is 0.254 e. The number of rotatable bonds is 2. The summed E-state index contributed by atoms with van der Waals surface area (Å²) in [5.74, 6) is 0.108. The van der Waals surface area contributed by atoms with Crippen LogP contribution in [0.3, 0.4) is 0 Å². The highest BCUT2D eigenvalue weighted by Gasteiger charge is 2.45. The molecule has 2 aliphatic heterocycles. The fourth-order valence-electron chi connectivity index (χ4n) is 1.62. The summed E-state index contributed by atoms with van der Waals surface area (Å²) in [4.78, 5) is 13.6. The minimum Gasteiger partial charge on any atom is -0.378 e. The van der Waals surface area contributed by atoms with Gasteiger partial charge in [0.15, 0.2) is 6.10 Å². The van der Waals surface area contributed by atoms with Crippen molar-refractivity contribution in [2.75, 3.05) is 26.3 Å². The Hall–Kier alpha value is -0.870.